The maximum atomic E-state index is 12.9. The van der Waals surface area contributed by atoms with E-state index in [4.69, 9.17) is 0 Å². The molecule has 0 saturated carbocycles. The predicted octanol–water partition coefficient (Wildman–Crippen LogP) is 5.94. The molecule has 11 heteroatoms. The molecule has 192 valence electrons. The Morgan fingerprint density at radius 3 is 1.69 bits per heavy atom. The minimum Gasteiger partial charge on any atom is -0.406 e. The number of urea groups is 1. The fraction of sp³-hybridized carbons (Fsp3) is 0.240. The predicted molar refractivity (Wildman–Crippen MR) is 120 cm³/mol. The molecule has 3 aromatic rings. The van der Waals surface area contributed by atoms with Crippen molar-refractivity contribution < 1.29 is 40.6 Å². The molecular formula is C25H22F6N2O3. The number of alkyl halides is 6. The topological polar surface area (TPSA) is 59.6 Å². The zero-order chi connectivity index (χ0) is 26.4. The maximum Gasteiger partial charge on any atom is 0.573 e. The van der Waals surface area contributed by atoms with Crippen molar-refractivity contribution in [1.82, 2.24) is 10.6 Å². The Morgan fingerprint density at radius 1 is 0.750 bits per heavy atom. The molecule has 5 nitrogen and oxygen atoms in total. The molecule has 0 aliphatic rings. The average Bonchev–Trinajstić information content (AvgIpc) is 2.80. The largest absolute Gasteiger partial charge is 0.573 e. The lowest BCUT2D eigenvalue weighted by Crippen LogP contribution is -2.46. The van der Waals surface area contributed by atoms with Crippen LogP contribution >= 0.6 is 0 Å². The summed E-state index contributed by atoms with van der Waals surface area (Å²) >= 11 is 0. The zero-order valence-electron chi connectivity index (χ0n) is 18.9. The van der Waals surface area contributed by atoms with Gasteiger partial charge in [0.05, 0.1) is 0 Å². The number of hydrogen-bond donors (Lipinski definition) is 2. The first-order chi connectivity index (χ1) is 16.9. The Balaban J connectivity index is 2.22. The number of carbonyl (C=O) groups is 1. The molecule has 2 amide bonds. The second kappa shape index (κ2) is 10.8. The van der Waals surface area contributed by atoms with Crippen LogP contribution in [0.5, 0.6) is 11.5 Å². The lowest BCUT2D eigenvalue weighted by atomic mass is 9.70. The van der Waals surface area contributed by atoms with Gasteiger partial charge in [0.2, 0.25) is 0 Å². The highest BCUT2D eigenvalue weighted by Gasteiger charge is 2.38. The molecule has 36 heavy (non-hydrogen) atoms. The normalized spacial score (nSPS) is 12.1. The van der Waals surface area contributed by atoms with Gasteiger partial charge < -0.3 is 20.1 Å². The van der Waals surface area contributed by atoms with E-state index in [0.717, 1.165) is 29.8 Å². The third-order valence-electron chi connectivity index (χ3n) is 5.37. The van der Waals surface area contributed by atoms with Crippen molar-refractivity contribution in [3.8, 4) is 11.5 Å². The molecule has 0 aromatic heterocycles. The van der Waals surface area contributed by atoms with Gasteiger partial charge in [0, 0.05) is 19.0 Å². The smallest absolute Gasteiger partial charge is 0.406 e. The van der Waals surface area contributed by atoms with Crippen molar-refractivity contribution in [2.45, 2.75) is 24.6 Å². The molecule has 0 fully saturated rings. The number of halogens is 6. The summed E-state index contributed by atoms with van der Waals surface area (Å²) in [5.41, 5.74) is -0.0492. The van der Waals surface area contributed by atoms with Crippen LogP contribution in [0.3, 0.4) is 0 Å². The SMILES string of the molecule is CNC(=O)NCC(Cc1ccccc1)(c1cccc(OC(F)(F)F)c1)c1cccc(OC(F)(F)F)c1. The summed E-state index contributed by atoms with van der Waals surface area (Å²) in [4.78, 5) is 12.1. The van der Waals surface area contributed by atoms with Gasteiger partial charge in [0.25, 0.3) is 0 Å². The molecule has 0 aliphatic carbocycles. The summed E-state index contributed by atoms with van der Waals surface area (Å²) in [6.07, 6.45) is -9.80. The Hall–Kier alpha value is -3.89. The molecule has 0 aliphatic heterocycles. The third-order valence-corrected chi connectivity index (χ3v) is 5.37. The van der Waals surface area contributed by atoms with E-state index >= 15 is 0 Å². The molecule has 0 spiro atoms. The highest BCUT2D eigenvalue weighted by Crippen LogP contribution is 2.39. The molecule has 0 atom stereocenters. The van der Waals surface area contributed by atoms with Crippen LogP contribution in [0.15, 0.2) is 78.9 Å². The van der Waals surface area contributed by atoms with E-state index in [1.807, 2.05) is 0 Å². The van der Waals surface area contributed by atoms with Crippen LogP contribution in [0.25, 0.3) is 0 Å². The van der Waals surface area contributed by atoms with E-state index < -0.39 is 35.7 Å². The fourth-order valence-corrected chi connectivity index (χ4v) is 3.88. The average molecular weight is 512 g/mol. The number of nitrogens with one attached hydrogen (secondary N) is 2. The van der Waals surface area contributed by atoms with E-state index in [1.54, 1.807) is 30.3 Å². The van der Waals surface area contributed by atoms with E-state index in [9.17, 15) is 31.1 Å². The Morgan fingerprint density at radius 2 is 1.25 bits per heavy atom. The first-order valence-corrected chi connectivity index (χ1v) is 10.6. The molecule has 0 saturated heterocycles. The van der Waals surface area contributed by atoms with Crippen molar-refractivity contribution in [3.63, 3.8) is 0 Å². The number of amides is 2. The van der Waals surface area contributed by atoms with Crippen molar-refractivity contribution >= 4 is 6.03 Å². The van der Waals surface area contributed by atoms with E-state index in [1.165, 1.54) is 31.3 Å². The number of carbonyl (C=O) groups excluding carboxylic acids is 1. The Labute approximate surface area is 203 Å². The van der Waals surface area contributed by atoms with Crippen LogP contribution in [-0.4, -0.2) is 32.3 Å². The highest BCUT2D eigenvalue weighted by molar-refractivity contribution is 5.73. The molecule has 0 unspecified atom stereocenters. The van der Waals surface area contributed by atoms with E-state index in [-0.39, 0.29) is 24.1 Å². The molecule has 3 rings (SSSR count). The van der Waals surface area contributed by atoms with Gasteiger partial charge in [-0.1, -0.05) is 54.6 Å². The van der Waals surface area contributed by atoms with Gasteiger partial charge in [-0.2, -0.15) is 0 Å². The highest BCUT2D eigenvalue weighted by atomic mass is 19.4. The molecule has 0 radical (unpaired) electrons. The summed E-state index contributed by atoms with van der Waals surface area (Å²) < 4.78 is 85.8. The number of ether oxygens (including phenoxy) is 2. The summed E-state index contributed by atoms with van der Waals surface area (Å²) in [5.74, 6) is -1.03. The maximum absolute atomic E-state index is 12.9. The Kier molecular flexibility index (Phi) is 8.01. The van der Waals surface area contributed by atoms with Crippen LogP contribution in [0.4, 0.5) is 31.1 Å². The van der Waals surface area contributed by atoms with Crippen LogP contribution in [-0.2, 0) is 11.8 Å². The Bertz CT molecular complexity index is 1110. The first kappa shape index (κ1) is 26.7. The fourth-order valence-electron chi connectivity index (χ4n) is 3.88. The zero-order valence-corrected chi connectivity index (χ0v) is 18.9. The van der Waals surface area contributed by atoms with Crippen molar-refractivity contribution in [2.24, 2.45) is 0 Å². The van der Waals surface area contributed by atoms with Gasteiger partial charge in [-0.3, -0.25) is 0 Å². The molecular weight excluding hydrogens is 490 g/mol. The van der Waals surface area contributed by atoms with Crippen LogP contribution in [0, 0.1) is 0 Å². The van der Waals surface area contributed by atoms with Gasteiger partial charge >= 0.3 is 18.8 Å². The monoisotopic (exact) mass is 512 g/mol. The summed E-state index contributed by atoms with van der Waals surface area (Å²) in [7, 11) is 1.38. The second-order valence-corrected chi connectivity index (χ2v) is 7.83. The molecule has 0 bridgehead atoms. The van der Waals surface area contributed by atoms with E-state index in [0.29, 0.717) is 0 Å². The van der Waals surface area contributed by atoms with E-state index in [2.05, 4.69) is 20.1 Å². The lowest BCUT2D eigenvalue weighted by molar-refractivity contribution is -0.275. The second-order valence-electron chi connectivity index (χ2n) is 7.83. The lowest BCUT2D eigenvalue weighted by Gasteiger charge is -2.36. The van der Waals surface area contributed by atoms with Gasteiger partial charge in [-0.15, -0.1) is 26.3 Å². The van der Waals surface area contributed by atoms with Crippen LogP contribution in [0.2, 0.25) is 0 Å². The minimum absolute atomic E-state index is 0.114. The van der Waals surface area contributed by atoms with Gasteiger partial charge in [0.15, 0.2) is 0 Å². The summed E-state index contributed by atoms with van der Waals surface area (Å²) in [5, 5.41) is 5.04. The third kappa shape index (κ3) is 7.30. The molecule has 2 N–H and O–H groups in total. The van der Waals surface area contributed by atoms with Crippen LogP contribution < -0.4 is 20.1 Å². The summed E-state index contributed by atoms with van der Waals surface area (Å²) in [6.45, 7) is -0.174. The number of benzene rings is 3. The number of rotatable bonds is 8. The minimum atomic E-state index is -4.96. The van der Waals surface area contributed by atoms with Crippen molar-refractivity contribution in [1.29, 1.82) is 0 Å². The van der Waals surface area contributed by atoms with Crippen molar-refractivity contribution in [2.75, 3.05) is 13.6 Å². The molecule has 3 aromatic carbocycles. The standard InChI is InChI=1S/C25H22F6N2O3/c1-32-22(34)33-16-23(15-17-7-3-2-4-8-17,18-9-5-11-20(13-18)35-24(26,27)28)19-10-6-12-21(14-19)36-25(29,30)31/h2-14H,15-16H2,1H3,(H2,32,33,34). The van der Waals surface area contributed by atoms with Gasteiger partial charge in [0.1, 0.15) is 11.5 Å². The first-order valence-electron chi connectivity index (χ1n) is 10.6. The quantitative estimate of drug-likeness (QED) is 0.367. The van der Waals surface area contributed by atoms with Gasteiger partial charge in [-0.25, -0.2) is 4.79 Å². The molecule has 0 heterocycles. The van der Waals surface area contributed by atoms with Crippen molar-refractivity contribution in [3.05, 3.63) is 95.6 Å². The van der Waals surface area contributed by atoms with Gasteiger partial charge in [-0.05, 0) is 47.4 Å². The summed E-state index contributed by atoms with van der Waals surface area (Å²) in [6, 6.07) is 18.5. The number of hydrogen-bond acceptors (Lipinski definition) is 3. The van der Waals surface area contributed by atoms with Crippen LogP contribution in [0.1, 0.15) is 16.7 Å².